The zero-order chi connectivity index (χ0) is 14.8. The van der Waals surface area contributed by atoms with Crippen LogP contribution < -0.4 is 10.5 Å². The molecule has 5 heteroatoms. The van der Waals surface area contributed by atoms with Crippen LogP contribution in [-0.4, -0.2) is 43.1 Å². The van der Waals surface area contributed by atoms with Crippen molar-refractivity contribution >= 4 is 5.84 Å². The van der Waals surface area contributed by atoms with Crippen molar-refractivity contribution in [2.45, 2.75) is 38.0 Å². The van der Waals surface area contributed by atoms with Gasteiger partial charge in [-0.3, -0.25) is 10.3 Å². The molecule has 2 atom stereocenters. The molecule has 2 aliphatic rings. The summed E-state index contributed by atoms with van der Waals surface area (Å²) < 4.78 is 11.2. The Labute approximate surface area is 125 Å². The van der Waals surface area contributed by atoms with E-state index in [1.165, 1.54) is 24.8 Å². The number of nitrogens with two attached hydrogens (primary N) is 1. The fourth-order valence-corrected chi connectivity index (χ4v) is 3.49. The number of hydrogen-bond donors (Lipinski definition) is 2. The number of nitrogens with zero attached hydrogens (tertiary/aromatic N) is 1. The Hall–Kier alpha value is -1.59. The second kappa shape index (κ2) is 6.03. The average molecular weight is 289 g/mol. The Kier molecular flexibility index (Phi) is 4.12. The largest absolute Gasteiger partial charge is 0.496 e. The van der Waals surface area contributed by atoms with E-state index in [2.05, 4.69) is 4.90 Å². The smallest absolute Gasteiger partial charge is 0.130 e. The first-order valence-electron chi connectivity index (χ1n) is 7.56. The third-order valence-electron chi connectivity index (χ3n) is 4.54. The third-order valence-corrected chi connectivity index (χ3v) is 4.54. The van der Waals surface area contributed by atoms with Gasteiger partial charge in [-0.1, -0.05) is 6.07 Å². The van der Waals surface area contributed by atoms with Gasteiger partial charge >= 0.3 is 0 Å². The van der Waals surface area contributed by atoms with E-state index in [9.17, 15) is 0 Å². The first kappa shape index (κ1) is 14.4. The molecule has 0 amide bonds. The average Bonchev–Trinajstić information content (AvgIpc) is 2.96. The van der Waals surface area contributed by atoms with Crippen LogP contribution in [0.3, 0.4) is 0 Å². The van der Waals surface area contributed by atoms with Crippen molar-refractivity contribution < 1.29 is 9.47 Å². The number of hydrogen-bond acceptors (Lipinski definition) is 4. The summed E-state index contributed by atoms with van der Waals surface area (Å²) in [4.78, 5) is 2.52. The first-order chi connectivity index (χ1) is 10.2. The predicted molar refractivity (Wildman–Crippen MR) is 81.8 cm³/mol. The van der Waals surface area contributed by atoms with Crippen LogP contribution in [0.4, 0.5) is 0 Å². The number of ether oxygens (including phenoxy) is 2. The molecule has 1 aromatic rings. The Bertz CT molecular complexity index is 532. The normalized spacial score (nSPS) is 25.6. The predicted octanol–water partition coefficient (Wildman–Crippen LogP) is 1.73. The number of benzene rings is 1. The first-order valence-corrected chi connectivity index (χ1v) is 7.56. The summed E-state index contributed by atoms with van der Waals surface area (Å²) in [6.07, 6.45) is 4.09. The van der Waals surface area contributed by atoms with Crippen LogP contribution in [0.5, 0.6) is 5.75 Å². The van der Waals surface area contributed by atoms with Gasteiger partial charge in [0.05, 0.1) is 25.4 Å². The summed E-state index contributed by atoms with van der Waals surface area (Å²) in [5.74, 6) is 0.719. The fraction of sp³-hybridized carbons (Fsp3) is 0.562. The highest BCUT2D eigenvalue weighted by Crippen LogP contribution is 2.31. The van der Waals surface area contributed by atoms with Crippen LogP contribution in [0.15, 0.2) is 18.2 Å². The van der Waals surface area contributed by atoms with Crippen LogP contribution in [0, 0.1) is 5.41 Å². The van der Waals surface area contributed by atoms with Crippen LogP contribution in [0.2, 0.25) is 0 Å². The summed E-state index contributed by atoms with van der Waals surface area (Å²) in [6.45, 7) is 2.71. The summed E-state index contributed by atoms with van der Waals surface area (Å²) in [5, 5.41) is 7.57. The lowest BCUT2D eigenvalue weighted by Gasteiger charge is -2.37. The quantitative estimate of drug-likeness (QED) is 0.654. The zero-order valence-corrected chi connectivity index (χ0v) is 12.5. The second-order valence-corrected chi connectivity index (χ2v) is 5.83. The molecular weight excluding hydrogens is 266 g/mol. The minimum atomic E-state index is 0.0422. The molecule has 2 fully saturated rings. The Morgan fingerprint density at radius 2 is 2.33 bits per heavy atom. The highest BCUT2D eigenvalue weighted by Gasteiger charge is 2.35. The van der Waals surface area contributed by atoms with Crippen molar-refractivity contribution in [2.24, 2.45) is 5.73 Å². The van der Waals surface area contributed by atoms with E-state index >= 15 is 0 Å². The van der Waals surface area contributed by atoms with Gasteiger partial charge in [-0.05, 0) is 37.0 Å². The molecular formula is C16H23N3O2. The lowest BCUT2D eigenvalue weighted by atomic mass is 10.1. The molecule has 0 bridgehead atoms. The van der Waals surface area contributed by atoms with Crippen LogP contribution >= 0.6 is 0 Å². The maximum Gasteiger partial charge on any atom is 0.130 e. The fourth-order valence-electron chi connectivity index (χ4n) is 3.49. The number of nitrogens with one attached hydrogen (secondary N) is 1. The molecule has 0 spiro atoms. The van der Waals surface area contributed by atoms with E-state index in [0.717, 1.165) is 19.7 Å². The maximum atomic E-state index is 7.57. The Balaban J connectivity index is 1.76. The van der Waals surface area contributed by atoms with E-state index in [1.807, 2.05) is 18.2 Å². The highest BCUT2D eigenvalue weighted by atomic mass is 16.5. The van der Waals surface area contributed by atoms with Crippen molar-refractivity contribution in [1.29, 1.82) is 5.41 Å². The summed E-state index contributed by atoms with van der Waals surface area (Å²) >= 11 is 0. The molecule has 1 aliphatic carbocycles. The van der Waals surface area contributed by atoms with E-state index in [-0.39, 0.29) is 5.84 Å². The van der Waals surface area contributed by atoms with Crippen LogP contribution in [-0.2, 0) is 11.3 Å². The third kappa shape index (κ3) is 2.89. The highest BCUT2D eigenvalue weighted by molar-refractivity contribution is 5.97. The summed E-state index contributed by atoms with van der Waals surface area (Å²) in [6, 6.07) is 6.47. The van der Waals surface area contributed by atoms with Crippen molar-refractivity contribution in [3.8, 4) is 5.75 Å². The van der Waals surface area contributed by atoms with Crippen molar-refractivity contribution in [1.82, 2.24) is 4.90 Å². The van der Waals surface area contributed by atoms with Gasteiger partial charge in [0.1, 0.15) is 11.6 Å². The lowest BCUT2D eigenvalue weighted by Crippen LogP contribution is -2.47. The monoisotopic (exact) mass is 289 g/mol. The molecule has 1 heterocycles. The summed E-state index contributed by atoms with van der Waals surface area (Å²) in [7, 11) is 1.62. The number of methoxy groups -OCH3 is 1. The molecule has 1 aromatic carbocycles. The topological polar surface area (TPSA) is 71.6 Å². The van der Waals surface area contributed by atoms with Gasteiger partial charge in [-0.2, -0.15) is 0 Å². The van der Waals surface area contributed by atoms with Crippen molar-refractivity contribution in [3.05, 3.63) is 29.3 Å². The molecule has 0 aromatic heterocycles. The number of nitrogen functional groups attached to an aromatic ring is 1. The number of amidine groups is 1. The van der Waals surface area contributed by atoms with Gasteiger partial charge < -0.3 is 15.2 Å². The van der Waals surface area contributed by atoms with Crippen LogP contribution in [0.1, 0.15) is 30.4 Å². The molecule has 3 N–H and O–H groups in total. The number of rotatable bonds is 4. The molecule has 5 nitrogen and oxygen atoms in total. The van der Waals surface area contributed by atoms with Gasteiger partial charge in [-0.25, -0.2) is 0 Å². The molecule has 2 unspecified atom stereocenters. The minimum absolute atomic E-state index is 0.0422. The van der Waals surface area contributed by atoms with Crippen molar-refractivity contribution in [3.63, 3.8) is 0 Å². The van der Waals surface area contributed by atoms with Gasteiger partial charge in [0.2, 0.25) is 0 Å². The second-order valence-electron chi connectivity index (χ2n) is 5.83. The molecule has 1 aliphatic heterocycles. The molecule has 3 rings (SSSR count). The lowest BCUT2D eigenvalue weighted by molar-refractivity contribution is -0.0588. The molecule has 1 saturated heterocycles. The van der Waals surface area contributed by atoms with E-state index in [1.54, 1.807) is 7.11 Å². The van der Waals surface area contributed by atoms with E-state index in [4.69, 9.17) is 20.6 Å². The summed E-state index contributed by atoms with van der Waals surface area (Å²) in [5.41, 5.74) is 7.42. The molecule has 1 saturated carbocycles. The SMILES string of the molecule is COc1cc(CN2CCOC3CCCC32)ccc1C(=N)N. The van der Waals surface area contributed by atoms with Crippen LogP contribution in [0.25, 0.3) is 0 Å². The number of fused-ring (bicyclic) bond motifs is 1. The Morgan fingerprint density at radius 3 is 3.10 bits per heavy atom. The van der Waals surface area contributed by atoms with Gasteiger partial charge in [0.15, 0.2) is 0 Å². The standard InChI is InChI=1S/C16H23N3O2/c1-20-15-9-11(5-6-12(15)16(17)18)10-19-7-8-21-14-4-2-3-13(14)19/h5-6,9,13-14H,2-4,7-8,10H2,1H3,(H3,17,18). The molecule has 21 heavy (non-hydrogen) atoms. The molecule has 114 valence electrons. The van der Waals surface area contributed by atoms with Crippen molar-refractivity contribution in [2.75, 3.05) is 20.3 Å². The Morgan fingerprint density at radius 1 is 1.48 bits per heavy atom. The van der Waals surface area contributed by atoms with Gasteiger partial charge in [0, 0.05) is 19.1 Å². The maximum absolute atomic E-state index is 7.57. The van der Waals surface area contributed by atoms with Gasteiger partial charge in [0.25, 0.3) is 0 Å². The van der Waals surface area contributed by atoms with Gasteiger partial charge in [-0.15, -0.1) is 0 Å². The molecule has 0 radical (unpaired) electrons. The van der Waals surface area contributed by atoms with E-state index in [0.29, 0.717) is 23.5 Å². The number of morpholine rings is 1. The van der Waals surface area contributed by atoms with E-state index < -0.39 is 0 Å². The minimum Gasteiger partial charge on any atom is -0.496 e. The zero-order valence-electron chi connectivity index (χ0n) is 12.5.